The molecule has 7 nitrogen and oxygen atoms in total. The van der Waals surface area contributed by atoms with E-state index in [1.807, 2.05) is 0 Å². The Morgan fingerprint density at radius 2 is 1.33 bits per heavy atom. The summed E-state index contributed by atoms with van der Waals surface area (Å²) in [4.78, 5) is 33.5. The summed E-state index contributed by atoms with van der Waals surface area (Å²) in [6.07, 6.45) is -0.580. The monoisotopic (exact) mass is 429 g/mol. The number of phenols is 1. The van der Waals surface area contributed by atoms with Crippen LogP contribution in [-0.2, 0) is 4.74 Å². The average Bonchev–Trinajstić information content (AvgIpc) is 2.68. The van der Waals surface area contributed by atoms with E-state index < -0.39 is 46.2 Å². The molecule has 0 unspecified atom stereocenters. The normalized spacial score (nSPS) is 13.1. The summed E-state index contributed by atoms with van der Waals surface area (Å²) in [5.74, 6) is -5.07. The summed E-state index contributed by atoms with van der Waals surface area (Å²) >= 11 is 0. The molecule has 3 rings (SSSR count). The average molecular weight is 429 g/mol. The maximum atomic E-state index is 13.3. The topological polar surface area (TPSA) is 93.1 Å². The second-order valence-electron chi connectivity index (χ2n) is 5.83. The van der Waals surface area contributed by atoms with Crippen molar-refractivity contribution in [2.45, 2.75) is 0 Å². The number of phenolic OH excluding ortho intramolecular Hbond substituents is 1. The molecule has 1 aliphatic rings. The molecule has 0 bridgehead atoms. The van der Waals surface area contributed by atoms with E-state index in [1.54, 1.807) is 0 Å². The Morgan fingerprint density at radius 3 is 1.77 bits per heavy atom. The summed E-state index contributed by atoms with van der Waals surface area (Å²) in [5.41, 5.74) is -1.35. The zero-order valence-corrected chi connectivity index (χ0v) is 15.2. The van der Waals surface area contributed by atoms with Crippen molar-refractivity contribution in [1.82, 2.24) is 4.90 Å². The van der Waals surface area contributed by atoms with Gasteiger partial charge in [0.2, 0.25) is 0 Å². The highest BCUT2D eigenvalue weighted by Crippen LogP contribution is 2.20. The molecule has 0 radical (unpaired) electrons. The van der Waals surface area contributed by atoms with E-state index in [9.17, 15) is 31.9 Å². The molecule has 0 saturated carbocycles. The minimum atomic E-state index is -1.07. The molecule has 0 spiro atoms. The van der Waals surface area contributed by atoms with Crippen molar-refractivity contribution in [2.75, 3.05) is 26.3 Å². The Bertz CT molecular complexity index is 901. The lowest BCUT2D eigenvalue weighted by Gasteiger charge is -2.25. The zero-order valence-electron chi connectivity index (χ0n) is 15.2. The summed E-state index contributed by atoms with van der Waals surface area (Å²) in [6.45, 7) is 1.50. The van der Waals surface area contributed by atoms with Crippen LogP contribution in [0.2, 0.25) is 0 Å². The first-order valence-corrected chi connectivity index (χ1v) is 8.38. The van der Waals surface area contributed by atoms with Crippen molar-refractivity contribution in [3.8, 4) is 11.5 Å². The molecular weight excluding hydrogens is 414 g/mol. The predicted octanol–water partition coefficient (Wildman–Crippen LogP) is 3.09. The number of carbonyl (C=O) groups excluding carboxylic acids is 3. The van der Waals surface area contributed by atoms with Crippen LogP contribution in [0.1, 0.15) is 20.7 Å². The Hall–Kier alpha value is -3.47. The molecule has 1 amide bonds. The minimum Gasteiger partial charge on any atom is -0.508 e. The summed E-state index contributed by atoms with van der Waals surface area (Å²) in [6, 6.07) is 2.94. The highest BCUT2D eigenvalue weighted by atomic mass is 19.1. The van der Waals surface area contributed by atoms with Crippen molar-refractivity contribution >= 4 is 18.7 Å². The van der Waals surface area contributed by atoms with Crippen LogP contribution in [0.25, 0.3) is 0 Å². The van der Waals surface area contributed by atoms with Crippen LogP contribution in [0.4, 0.5) is 22.4 Å². The molecule has 1 heterocycles. The SMILES string of the molecule is O=Cc1c(F)cc(O)cc1F.O=Cc1c(F)cc(OC(=O)N2CCOCC2)cc1F. The number of morpholine rings is 1. The van der Waals surface area contributed by atoms with Crippen LogP contribution >= 0.6 is 0 Å². The van der Waals surface area contributed by atoms with Gasteiger partial charge in [-0.2, -0.15) is 0 Å². The molecule has 1 fully saturated rings. The largest absolute Gasteiger partial charge is 0.508 e. The third-order valence-electron chi connectivity index (χ3n) is 3.83. The summed E-state index contributed by atoms with van der Waals surface area (Å²) in [7, 11) is 0. The van der Waals surface area contributed by atoms with Crippen LogP contribution in [0.5, 0.6) is 11.5 Å². The molecule has 0 aliphatic carbocycles. The van der Waals surface area contributed by atoms with Crippen LogP contribution in [0, 0.1) is 23.3 Å². The number of hydrogen-bond donors (Lipinski definition) is 1. The first-order chi connectivity index (χ1) is 14.3. The molecule has 0 atom stereocenters. The van der Waals surface area contributed by atoms with E-state index in [0.717, 1.165) is 12.1 Å². The molecule has 2 aromatic rings. The van der Waals surface area contributed by atoms with Crippen LogP contribution in [0.15, 0.2) is 24.3 Å². The van der Waals surface area contributed by atoms with Gasteiger partial charge in [0.1, 0.15) is 34.8 Å². The van der Waals surface area contributed by atoms with Gasteiger partial charge in [0.25, 0.3) is 0 Å². The van der Waals surface area contributed by atoms with E-state index in [4.69, 9.17) is 14.6 Å². The molecule has 160 valence electrons. The van der Waals surface area contributed by atoms with Crippen molar-refractivity contribution in [1.29, 1.82) is 0 Å². The van der Waals surface area contributed by atoms with Gasteiger partial charge in [0.05, 0.1) is 24.3 Å². The quantitative estimate of drug-likeness (QED) is 0.596. The van der Waals surface area contributed by atoms with Gasteiger partial charge in [-0.1, -0.05) is 0 Å². The third-order valence-corrected chi connectivity index (χ3v) is 3.83. The van der Waals surface area contributed by atoms with E-state index in [1.165, 1.54) is 4.90 Å². The fourth-order valence-corrected chi connectivity index (χ4v) is 2.33. The predicted molar refractivity (Wildman–Crippen MR) is 93.6 cm³/mol. The standard InChI is InChI=1S/C12H11F2NO4.C7H4F2O2/c13-10-5-8(6-11(14)9(10)7-16)19-12(17)15-1-3-18-4-2-15;8-6-1-4(11)2-7(9)5(6)3-10/h5-7H,1-4H2;1-3,11H. The van der Waals surface area contributed by atoms with Crippen molar-refractivity contribution in [3.63, 3.8) is 0 Å². The second kappa shape index (κ2) is 10.3. The number of aldehydes is 2. The third kappa shape index (κ3) is 5.77. The molecule has 1 aliphatic heterocycles. The fourth-order valence-electron chi connectivity index (χ4n) is 2.33. The van der Waals surface area contributed by atoms with Crippen molar-refractivity contribution in [2.24, 2.45) is 0 Å². The molecule has 2 aromatic carbocycles. The molecule has 0 aromatic heterocycles. The summed E-state index contributed by atoms with van der Waals surface area (Å²) < 4.78 is 61.5. The number of rotatable bonds is 3. The lowest BCUT2D eigenvalue weighted by molar-refractivity contribution is 0.0415. The molecule has 11 heteroatoms. The van der Waals surface area contributed by atoms with Gasteiger partial charge in [-0.3, -0.25) is 9.59 Å². The maximum Gasteiger partial charge on any atom is 0.415 e. The number of hydrogen-bond acceptors (Lipinski definition) is 6. The molecular formula is C19H15F4NO6. The van der Waals surface area contributed by atoms with Crippen LogP contribution in [0.3, 0.4) is 0 Å². The van der Waals surface area contributed by atoms with Gasteiger partial charge >= 0.3 is 6.09 Å². The van der Waals surface area contributed by atoms with E-state index in [2.05, 4.69) is 0 Å². The summed E-state index contributed by atoms with van der Waals surface area (Å²) in [5, 5.41) is 8.62. The first kappa shape index (κ1) is 22.8. The van der Waals surface area contributed by atoms with Crippen LogP contribution < -0.4 is 4.74 Å². The van der Waals surface area contributed by atoms with Gasteiger partial charge in [-0.15, -0.1) is 0 Å². The lowest BCUT2D eigenvalue weighted by atomic mass is 10.2. The molecule has 1 N–H and O–H groups in total. The minimum absolute atomic E-state index is 0.0596. The number of benzene rings is 2. The van der Waals surface area contributed by atoms with Crippen LogP contribution in [-0.4, -0.2) is 55.0 Å². The molecule has 1 saturated heterocycles. The Balaban J connectivity index is 0.000000248. The molecule has 30 heavy (non-hydrogen) atoms. The Labute approximate surface area is 167 Å². The Morgan fingerprint density at radius 1 is 0.900 bits per heavy atom. The van der Waals surface area contributed by atoms with Gasteiger partial charge in [0.15, 0.2) is 12.6 Å². The van der Waals surface area contributed by atoms with Gasteiger partial charge < -0.3 is 19.5 Å². The number of nitrogens with zero attached hydrogens (tertiary/aromatic N) is 1. The number of amides is 1. The highest BCUT2D eigenvalue weighted by Gasteiger charge is 2.20. The second-order valence-corrected chi connectivity index (χ2v) is 5.83. The number of aromatic hydroxyl groups is 1. The zero-order chi connectivity index (χ0) is 22.3. The maximum absolute atomic E-state index is 13.3. The van der Waals surface area contributed by atoms with Gasteiger partial charge in [0, 0.05) is 37.4 Å². The first-order valence-electron chi connectivity index (χ1n) is 8.38. The fraction of sp³-hybridized carbons (Fsp3) is 0.211. The lowest BCUT2D eigenvalue weighted by Crippen LogP contribution is -2.42. The van der Waals surface area contributed by atoms with Crippen molar-refractivity contribution < 1.29 is 46.5 Å². The van der Waals surface area contributed by atoms with Crippen molar-refractivity contribution in [3.05, 3.63) is 58.7 Å². The van der Waals surface area contributed by atoms with E-state index in [-0.39, 0.29) is 18.3 Å². The van der Waals surface area contributed by atoms with E-state index >= 15 is 0 Å². The number of halogens is 4. The van der Waals surface area contributed by atoms with E-state index in [0.29, 0.717) is 38.4 Å². The number of ether oxygens (including phenoxy) is 2. The van der Waals surface area contributed by atoms with Gasteiger partial charge in [-0.25, -0.2) is 22.4 Å². The highest BCUT2D eigenvalue weighted by molar-refractivity contribution is 5.77. The smallest absolute Gasteiger partial charge is 0.415 e. The van der Waals surface area contributed by atoms with Gasteiger partial charge in [-0.05, 0) is 0 Å². The Kier molecular flexibility index (Phi) is 7.87. The number of carbonyl (C=O) groups is 3.